The van der Waals surface area contributed by atoms with Crippen LogP contribution in [0.1, 0.15) is 0 Å². The highest BCUT2D eigenvalue weighted by Crippen LogP contribution is 2.30. The first-order valence-electron chi connectivity index (χ1n) is 6.12. The molecular formula is C16H12FNO2. The van der Waals surface area contributed by atoms with E-state index in [9.17, 15) is 4.39 Å². The molecule has 3 rings (SSSR count). The first-order valence-corrected chi connectivity index (χ1v) is 6.12. The number of aromatic nitrogens is 1. The molecule has 3 aromatic rings. The molecule has 0 amide bonds. The van der Waals surface area contributed by atoms with Gasteiger partial charge in [0.05, 0.1) is 12.6 Å². The Bertz CT molecular complexity index is 758. The number of methoxy groups -OCH3 is 1. The number of benzene rings is 2. The second-order valence-corrected chi connectivity index (χ2v) is 4.25. The van der Waals surface area contributed by atoms with Gasteiger partial charge in [-0.05, 0) is 36.4 Å². The summed E-state index contributed by atoms with van der Waals surface area (Å²) < 4.78 is 24.3. The number of hydrogen-bond acceptors (Lipinski definition) is 3. The fourth-order valence-electron chi connectivity index (χ4n) is 1.97. The minimum Gasteiger partial charge on any atom is -0.497 e. The Morgan fingerprint density at radius 3 is 2.70 bits per heavy atom. The molecule has 0 N–H and O–H groups in total. The normalized spacial score (nSPS) is 10.5. The van der Waals surface area contributed by atoms with Crippen LogP contribution in [0, 0.1) is 5.82 Å². The van der Waals surface area contributed by atoms with Gasteiger partial charge in [-0.3, -0.25) is 4.98 Å². The average Bonchev–Trinajstić information content (AvgIpc) is 2.48. The van der Waals surface area contributed by atoms with Gasteiger partial charge in [0.25, 0.3) is 0 Å². The summed E-state index contributed by atoms with van der Waals surface area (Å²) in [5.41, 5.74) is 0.687. The van der Waals surface area contributed by atoms with E-state index in [4.69, 9.17) is 9.47 Å². The van der Waals surface area contributed by atoms with E-state index < -0.39 is 0 Å². The zero-order chi connectivity index (χ0) is 13.9. The lowest BCUT2D eigenvalue weighted by Gasteiger charge is -2.09. The molecule has 0 unspecified atom stereocenters. The molecule has 3 nitrogen and oxygen atoms in total. The molecular weight excluding hydrogens is 257 g/mol. The maximum atomic E-state index is 13.4. The molecule has 20 heavy (non-hydrogen) atoms. The number of nitrogens with zero attached hydrogens (tertiary/aromatic N) is 1. The summed E-state index contributed by atoms with van der Waals surface area (Å²) in [6.07, 6.45) is 1.63. The van der Waals surface area contributed by atoms with Gasteiger partial charge in [0.15, 0.2) is 0 Å². The molecule has 2 aromatic carbocycles. The Morgan fingerprint density at radius 2 is 1.85 bits per heavy atom. The lowest BCUT2D eigenvalue weighted by Crippen LogP contribution is -1.89. The second-order valence-electron chi connectivity index (χ2n) is 4.25. The zero-order valence-electron chi connectivity index (χ0n) is 10.8. The van der Waals surface area contributed by atoms with Crippen LogP contribution in [0.4, 0.5) is 4.39 Å². The molecule has 0 saturated heterocycles. The summed E-state index contributed by atoms with van der Waals surface area (Å²) in [4.78, 5) is 4.19. The van der Waals surface area contributed by atoms with E-state index in [1.807, 2.05) is 18.2 Å². The SMILES string of the molecule is COc1cccc(Oc2ccnc3ccc(F)cc23)c1. The average molecular weight is 269 g/mol. The van der Waals surface area contributed by atoms with Crippen molar-refractivity contribution in [3.63, 3.8) is 0 Å². The molecule has 0 radical (unpaired) electrons. The van der Waals surface area contributed by atoms with Crippen molar-refractivity contribution in [1.82, 2.24) is 4.98 Å². The molecule has 0 fully saturated rings. The molecule has 0 saturated carbocycles. The summed E-state index contributed by atoms with van der Waals surface area (Å²) in [5, 5.41) is 0.635. The lowest BCUT2D eigenvalue weighted by atomic mass is 10.2. The highest BCUT2D eigenvalue weighted by molar-refractivity contribution is 5.85. The maximum absolute atomic E-state index is 13.4. The summed E-state index contributed by atoms with van der Waals surface area (Å²) in [7, 11) is 1.59. The van der Waals surface area contributed by atoms with Crippen molar-refractivity contribution in [2.45, 2.75) is 0 Å². The van der Waals surface area contributed by atoms with Gasteiger partial charge in [-0.25, -0.2) is 4.39 Å². The van der Waals surface area contributed by atoms with E-state index in [1.165, 1.54) is 12.1 Å². The van der Waals surface area contributed by atoms with Crippen molar-refractivity contribution in [2.75, 3.05) is 7.11 Å². The fourth-order valence-corrected chi connectivity index (χ4v) is 1.97. The van der Waals surface area contributed by atoms with Crippen LogP contribution < -0.4 is 9.47 Å². The van der Waals surface area contributed by atoms with Crippen molar-refractivity contribution in [3.8, 4) is 17.2 Å². The minimum atomic E-state index is -0.319. The number of hydrogen-bond donors (Lipinski definition) is 0. The summed E-state index contributed by atoms with van der Waals surface area (Å²) in [6, 6.07) is 13.4. The van der Waals surface area contributed by atoms with Crippen LogP contribution >= 0.6 is 0 Å². The lowest BCUT2D eigenvalue weighted by molar-refractivity contribution is 0.409. The van der Waals surface area contributed by atoms with Crippen molar-refractivity contribution in [3.05, 3.63) is 60.5 Å². The number of ether oxygens (including phenoxy) is 2. The summed E-state index contributed by atoms with van der Waals surface area (Å²) in [6.45, 7) is 0. The zero-order valence-corrected chi connectivity index (χ0v) is 10.8. The third-order valence-corrected chi connectivity index (χ3v) is 2.93. The van der Waals surface area contributed by atoms with E-state index in [-0.39, 0.29) is 5.82 Å². The molecule has 1 heterocycles. The van der Waals surface area contributed by atoms with Gasteiger partial charge < -0.3 is 9.47 Å². The van der Waals surface area contributed by atoms with Crippen LogP contribution in [0.15, 0.2) is 54.7 Å². The second kappa shape index (κ2) is 5.17. The van der Waals surface area contributed by atoms with Crippen LogP contribution in [0.3, 0.4) is 0 Å². The van der Waals surface area contributed by atoms with Gasteiger partial charge in [-0.2, -0.15) is 0 Å². The van der Waals surface area contributed by atoms with Crippen LogP contribution in [-0.2, 0) is 0 Å². The molecule has 100 valence electrons. The number of rotatable bonds is 3. The van der Waals surface area contributed by atoms with Crippen LogP contribution in [-0.4, -0.2) is 12.1 Å². The molecule has 0 aliphatic rings. The molecule has 4 heteroatoms. The Kier molecular flexibility index (Phi) is 3.21. The molecule has 1 aromatic heterocycles. The topological polar surface area (TPSA) is 31.4 Å². The third kappa shape index (κ3) is 2.40. The van der Waals surface area contributed by atoms with Gasteiger partial charge in [0, 0.05) is 17.6 Å². The van der Waals surface area contributed by atoms with Crippen molar-refractivity contribution < 1.29 is 13.9 Å². The predicted octanol–water partition coefficient (Wildman–Crippen LogP) is 4.17. The summed E-state index contributed by atoms with van der Waals surface area (Å²) >= 11 is 0. The molecule has 0 atom stereocenters. The molecule has 0 aliphatic heterocycles. The minimum absolute atomic E-state index is 0.319. The van der Waals surface area contributed by atoms with Crippen molar-refractivity contribution >= 4 is 10.9 Å². The van der Waals surface area contributed by atoms with E-state index >= 15 is 0 Å². The van der Waals surface area contributed by atoms with Gasteiger partial charge in [0.1, 0.15) is 23.1 Å². The Hall–Kier alpha value is -2.62. The van der Waals surface area contributed by atoms with Gasteiger partial charge in [0.2, 0.25) is 0 Å². The Balaban J connectivity index is 2.03. The van der Waals surface area contributed by atoms with Crippen LogP contribution in [0.5, 0.6) is 17.2 Å². The van der Waals surface area contributed by atoms with E-state index in [0.717, 1.165) is 0 Å². The van der Waals surface area contributed by atoms with E-state index in [1.54, 1.807) is 31.5 Å². The third-order valence-electron chi connectivity index (χ3n) is 2.93. The Labute approximate surface area is 115 Å². The monoisotopic (exact) mass is 269 g/mol. The highest BCUT2D eigenvalue weighted by atomic mass is 19.1. The van der Waals surface area contributed by atoms with Gasteiger partial charge in [-0.15, -0.1) is 0 Å². The molecule has 0 spiro atoms. The maximum Gasteiger partial charge on any atom is 0.138 e. The standard InChI is InChI=1S/C16H12FNO2/c1-19-12-3-2-4-13(10-12)20-16-7-8-18-15-6-5-11(17)9-14(15)16/h2-10H,1H3. The highest BCUT2D eigenvalue weighted by Gasteiger charge is 2.06. The summed E-state index contributed by atoms with van der Waals surface area (Å²) in [5.74, 6) is 1.57. The predicted molar refractivity (Wildman–Crippen MR) is 74.8 cm³/mol. The van der Waals surface area contributed by atoms with Crippen LogP contribution in [0.2, 0.25) is 0 Å². The Morgan fingerprint density at radius 1 is 1.00 bits per heavy atom. The number of halogens is 1. The first kappa shape index (κ1) is 12.4. The van der Waals surface area contributed by atoms with Crippen LogP contribution in [0.25, 0.3) is 10.9 Å². The van der Waals surface area contributed by atoms with Crippen molar-refractivity contribution in [1.29, 1.82) is 0 Å². The first-order chi connectivity index (χ1) is 9.76. The molecule has 0 bridgehead atoms. The largest absolute Gasteiger partial charge is 0.497 e. The number of fused-ring (bicyclic) bond motifs is 1. The van der Waals surface area contributed by atoms with E-state index in [2.05, 4.69) is 4.98 Å². The van der Waals surface area contributed by atoms with Crippen molar-refractivity contribution in [2.24, 2.45) is 0 Å². The quantitative estimate of drug-likeness (QED) is 0.715. The smallest absolute Gasteiger partial charge is 0.138 e. The van der Waals surface area contributed by atoms with E-state index in [0.29, 0.717) is 28.2 Å². The van der Waals surface area contributed by atoms with Gasteiger partial charge in [-0.1, -0.05) is 6.07 Å². The molecule has 0 aliphatic carbocycles. The van der Waals surface area contributed by atoms with Gasteiger partial charge >= 0.3 is 0 Å². The fraction of sp³-hybridized carbons (Fsp3) is 0.0625. The number of pyridine rings is 1.